The van der Waals surface area contributed by atoms with E-state index in [9.17, 15) is 24.3 Å². The number of rotatable bonds is 12. The highest BCUT2D eigenvalue weighted by molar-refractivity contribution is 6.03. The number of nitriles is 1. The lowest BCUT2D eigenvalue weighted by atomic mass is 9.97. The molecule has 4 rings (SSSR count). The Hall–Kier alpha value is -5.01. The van der Waals surface area contributed by atoms with E-state index >= 15 is 0 Å². The Labute approximate surface area is 250 Å². The molecule has 0 aliphatic carbocycles. The van der Waals surface area contributed by atoms with Crippen LogP contribution >= 0.6 is 0 Å². The van der Waals surface area contributed by atoms with Gasteiger partial charge in [-0.1, -0.05) is 26.0 Å². The maximum Gasteiger partial charge on any atom is 0.292 e. The van der Waals surface area contributed by atoms with Crippen molar-refractivity contribution in [3.63, 3.8) is 0 Å². The molecule has 2 aromatic carbocycles. The Balaban J connectivity index is 1.71. The number of carbonyl (C=O) groups excluding carboxylic acids is 2. The number of nitrogens with zero attached hydrogens (tertiary/aromatic N) is 3. The quantitative estimate of drug-likeness (QED) is 0.167. The highest BCUT2D eigenvalue weighted by Gasteiger charge is 2.21. The molecule has 222 valence electrons. The molecule has 9 nitrogen and oxygen atoms in total. The van der Waals surface area contributed by atoms with Gasteiger partial charge in [0.25, 0.3) is 5.91 Å². The summed E-state index contributed by atoms with van der Waals surface area (Å²) in [5, 5.41) is 26.2. The van der Waals surface area contributed by atoms with E-state index in [0.717, 1.165) is 32.0 Å². The average Bonchev–Trinajstić information content (AvgIpc) is 3.52. The van der Waals surface area contributed by atoms with E-state index in [2.05, 4.69) is 40.4 Å². The number of hydrogen-bond donors (Lipinski definition) is 3. The van der Waals surface area contributed by atoms with Gasteiger partial charge < -0.3 is 25.1 Å². The van der Waals surface area contributed by atoms with Crippen LogP contribution in [0, 0.1) is 17.1 Å². The molecule has 2 amide bonds. The van der Waals surface area contributed by atoms with Gasteiger partial charge in [0, 0.05) is 35.3 Å². The summed E-state index contributed by atoms with van der Waals surface area (Å²) >= 11 is 0. The first-order valence-corrected chi connectivity index (χ1v) is 14.2. The van der Waals surface area contributed by atoms with Gasteiger partial charge in [-0.2, -0.15) is 5.26 Å². The van der Waals surface area contributed by atoms with Crippen LogP contribution in [0.4, 0.5) is 15.9 Å². The molecule has 2 heterocycles. The second-order valence-corrected chi connectivity index (χ2v) is 10.2. The van der Waals surface area contributed by atoms with E-state index in [1.165, 1.54) is 24.5 Å². The van der Waals surface area contributed by atoms with Crippen molar-refractivity contribution in [2.24, 2.45) is 0 Å². The standard InChI is InChI=1S/C33H34FN5O4/c1-4-13-39(14-5-2)21(3)16-31(41)36-24-9-6-8-22(17-24)26-19-28(25-12-11-23(34)18-29(25)40)37-32(27(26)20-35)38-33(42)30-10-7-15-43-30/h6-12,15,17-19,21,40H,4-5,13-14,16H2,1-3H3,(H,36,41)(H,37,38,42). The van der Waals surface area contributed by atoms with Gasteiger partial charge in [0.15, 0.2) is 11.6 Å². The lowest BCUT2D eigenvalue weighted by Gasteiger charge is -2.28. The van der Waals surface area contributed by atoms with E-state index in [1.807, 2.05) is 6.92 Å². The molecule has 0 radical (unpaired) electrons. The van der Waals surface area contributed by atoms with E-state index in [-0.39, 0.29) is 46.1 Å². The minimum atomic E-state index is -0.633. The van der Waals surface area contributed by atoms with E-state index in [4.69, 9.17) is 4.42 Å². The zero-order valence-electron chi connectivity index (χ0n) is 24.4. The minimum Gasteiger partial charge on any atom is -0.507 e. The van der Waals surface area contributed by atoms with Gasteiger partial charge in [0.05, 0.1) is 12.0 Å². The van der Waals surface area contributed by atoms with Gasteiger partial charge in [-0.05, 0) is 80.9 Å². The first-order chi connectivity index (χ1) is 20.7. The van der Waals surface area contributed by atoms with Gasteiger partial charge >= 0.3 is 0 Å². The van der Waals surface area contributed by atoms with Crippen molar-refractivity contribution in [1.82, 2.24) is 9.88 Å². The van der Waals surface area contributed by atoms with Crippen LogP contribution in [0.5, 0.6) is 5.75 Å². The highest BCUT2D eigenvalue weighted by Crippen LogP contribution is 2.36. The maximum atomic E-state index is 13.8. The Kier molecular flexibility index (Phi) is 10.3. The second-order valence-electron chi connectivity index (χ2n) is 10.2. The number of nitrogens with one attached hydrogen (secondary N) is 2. The molecule has 0 aliphatic heterocycles. The van der Waals surface area contributed by atoms with Crippen LogP contribution < -0.4 is 10.6 Å². The number of carbonyl (C=O) groups is 2. The van der Waals surface area contributed by atoms with E-state index in [0.29, 0.717) is 23.2 Å². The van der Waals surface area contributed by atoms with Gasteiger partial charge in [0.1, 0.15) is 23.2 Å². The normalized spacial score (nSPS) is 11.6. The number of phenols is 1. The van der Waals surface area contributed by atoms with E-state index < -0.39 is 11.7 Å². The first-order valence-electron chi connectivity index (χ1n) is 14.2. The smallest absolute Gasteiger partial charge is 0.292 e. The summed E-state index contributed by atoms with van der Waals surface area (Å²) in [4.78, 5) is 32.6. The fourth-order valence-electron chi connectivity index (χ4n) is 4.91. The lowest BCUT2D eigenvalue weighted by Crippen LogP contribution is -2.37. The molecular formula is C33H34FN5O4. The predicted octanol–water partition coefficient (Wildman–Crippen LogP) is 6.82. The topological polar surface area (TPSA) is 131 Å². The number of phenolic OH excluding ortho intramolecular Hbond substituents is 1. The molecule has 10 heteroatoms. The molecule has 2 aromatic heterocycles. The molecule has 0 spiro atoms. The van der Waals surface area contributed by atoms with Crippen molar-refractivity contribution in [3.05, 3.63) is 84.1 Å². The van der Waals surface area contributed by atoms with Gasteiger partial charge in [-0.25, -0.2) is 9.37 Å². The van der Waals surface area contributed by atoms with Crippen LogP contribution in [0.25, 0.3) is 22.4 Å². The molecular weight excluding hydrogens is 549 g/mol. The van der Waals surface area contributed by atoms with Crippen LogP contribution in [0.2, 0.25) is 0 Å². The van der Waals surface area contributed by atoms with Crippen molar-refractivity contribution in [2.75, 3.05) is 23.7 Å². The predicted molar refractivity (Wildman–Crippen MR) is 163 cm³/mol. The van der Waals surface area contributed by atoms with Crippen LogP contribution in [0.3, 0.4) is 0 Å². The molecule has 43 heavy (non-hydrogen) atoms. The van der Waals surface area contributed by atoms with Gasteiger partial charge in [-0.3, -0.25) is 9.59 Å². The monoisotopic (exact) mass is 583 g/mol. The number of hydrogen-bond acceptors (Lipinski definition) is 7. The Bertz CT molecular complexity index is 1620. The lowest BCUT2D eigenvalue weighted by molar-refractivity contribution is -0.117. The number of pyridine rings is 1. The third-order valence-electron chi connectivity index (χ3n) is 6.93. The van der Waals surface area contributed by atoms with Crippen molar-refractivity contribution >= 4 is 23.3 Å². The van der Waals surface area contributed by atoms with Gasteiger partial charge in [-0.15, -0.1) is 0 Å². The van der Waals surface area contributed by atoms with Gasteiger partial charge in [0.2, 0.25) is 5.91 Å². The molecule has 4 aromatic rings. The van der Waals surface area contributed by atoms with Crippen LogP contribution in [-0.2, 0) is 4.79 Å². The first kappa shape index (κ1) is 30.9. The largest absolute Gasteiger partial charge is 0.507 e. The number of benzene rings is 2. The summed E-state index contributed by atoms with van der Waals surface area (Å²) in [5.74, 6) is -1.82. The molecule has 0 bridgehead atoms. The molecule has 0 saturated carbocycles. The SMILES string of the molecule is CCCN(CCC)C(C)CC(=O)Nc1cccc(-c2cc(-c3ccc(F)cc3O)nc(NC(=O)c3ccco3)c2C#N)c1. The number of aromatic hydroxyl groups is 1. The van der Waals surface area contributed by atoms with Crippen molar-refractivity contribution < 1.29 is 23.5 Å². The number of aromatic nitrogens is 1. The van der Waals surface area contributed by atoms with Crippen LogP contribution in [0.15, 0.2) is 71.3 Å². The zero-order valence-corrected chi connectivity index (χ0v) is 24.4. The molecule has 1 atom stereocenters. The third kappa shape index (κ3) is 7.64. The molecule has 0 fully saturated rings. The zero-order chi connectivity index (χ0) is 30.9. The summed E-state index contributed by atoms with van der Waals surface area (Å²) in [6, 6.07) is 17.2. The number of amides is 2. The van der Waals surface area contributed by atoms with E-state index in [1.54, 1.807) is 36.4 Å². The summed E-state index contributed by atoms with van der Waals surface area (Å²) < 4.78 is 18.9. The molecule has 1 unspecified atom stereocenters. The fourth-order valence-corrected chi connectivity index (χ4v) is 4.91. The number of halogens is 1. The number of anilines is 2. The summed E-state index contributed by atoms with van der Waals surface area (Å²) in [5.41, 5.74) is 1.91. The van der Waals surface area contributed by atoms with Crippen molar-refractivity contribution in [2.45, 2.75) is 46.1 Å². The Morgan fingerprint density at radius 1 is 1.05 bits per heavy atom. The molecule has 0 aliphatic rings. The summed E-state index contributed by atoms with van der Waals surface area (Å²) in [6.45, 7) is 8.11. The van der Waals surface area contributed by atoms with Crippen LogP contribution in [-0.4, -0.2) is 45.9 Å². The van der Waals surface area contributed by atoms with Crippen LogP contribution in [0.1, 0.15) is 56.2 Å². The maximum absolute atomic E-state index is 13.8. The molecule has 3 N–H and O–H groups in total. The highest BCUT2D eigenvalue weighted by atomic mass is 19.1. The minimum absolute atomic E-state index is 0.0117. The van der Waals surface area contributed by atoms with Crippen molar-refractivity contribution in [3.8, 4) is 34.2 Å². The number of furan rings is 1. The fraction of sp³-hybridized carbons (Fsp3) is 0.273. The summed E-state index contributed by atoms with van der Waals surface area (Å²) in [6.07, 6.45) is 3.67. The second kappa shape index (κ2) is 14.2. The average molecular weight is 584 g/mol. The third-order valence-corrected chi connectivity index (χ3v) is 6.93. The Morgan fingerprint density at radius 3 is 2.47 bits per heavy atom. The molecule has 0 saturated heterocycles. The summed E-state index contributed by atoms with van der Waals surface area (Å²) in [7, 11) is 0. The van der Waals surface area contributed by atoms with Crippen molar-refractivity contribution in [1.29, 1.82) is 5.26 Å². The Morgan fingerprint density at radius 2 is 1.81 bits per heavy atom.